The monoisotopic (exact) mass is 488 g/mol. The first kappa shape index (κ1) is 25.2. The first-order valence-corrected chi connectivity index (χ1v) is 12.2. The molecule has 0 aliphatic carbocycles. The Kier molecular flexibility index (Phi) is 7.55. The lowest BCUT2D eigenvalue weighted by atomic mass is 9.96. The van der Waals surface area contributed by atoms with E-state index in [-0.39, 0.29) is 11.3 Å². The van der Waals surface area contributed by atoms with Crippen molar-refractivity contribution in [3.8, 4) is 5.75 Å². The molecule has 1 amide bonds. The zero-order valence-electron chi connectivity index (χ0n) is 21.0. The highest BCUT2D eigenvalue weighted by Gasteiger charge is 2.46. The molecule has 1 saturated heterocycles. The van der Waals surface area contributed by atoms with Crippen molar-refractivity contribution in [1.82, 2.24) is 19.2 Å². The van der Waals surface area contributed by atoms with Crippen LogP contribution in [0.5, 0.6) is 5.75 Å². The van der Waals surface area contributed by atoms with Gasteiger partial charge in [-0.3, -0.25) is 14.0 Å². The maximum atomic E-state index is 13.4. The average molecular weight is 489 g/mol. The van der Waals surface area contributed by atoms with Crippen LogP contribution in [-0.4, -0.2) is 68.8 Å². The predicted molar refractivity (Wildman–Crippen MR) is 139 cm³/mol. The summed E-state index contributed by atoms with van der Waals surface area (Å²) in [7, 11) is 0. The highest BCUT2D eigenvalue weighted by Crippen LogP contribution is 2.40. The van der Waals surface area contributed by atoms with E-state index >= 15 is 0 Å². The minimum Gasteiger partial charge on any atom is -0.505 e. The van der Waals surface area contributed by atoms with Crippen molar-refractivity contribution < 1.29 is 19.4 Å². The van der Waals surface area contributed by atoms with Crippen LogP contribution in [0.4, 0.5) is 0 Å². The van der Waals surface area contributed by atoms with Gasteiger partial charge in [-0.25, -0.2) is 4.98 Å². The van der Waals surface area contributed by atoms with E-state index in [0.29, 0.717) is 48.0 Å². The fourth-order valence-electron chi connectivity index (χ4n) is 4.67. The molecule has 1 atom stereocenters. The van der Waals surface area contributed by atoms with Gasteiger partial charge in [0.25, 0.3) is 11.7 Å². The van der Waals surface area contributed by atoms with Crippen LogP contribution in [0, 0.1) is 6.92 Å². The number of hydrogen-bond donors (Lipinski definition) is 1. The second kappa shape index (κ2) is 10.8. The van der Waals surface area contributed by atoms with Gasteiger partial charge in [0.15, 0.2) is 5.76 Å². The van der Waals surface area contributed by atoms with Gasteiger partial charge in [-0.15, -0.1) is 0 Å². The number of likely N-dealkylation sites (tertiary alicyclic amines) is 1. The lowest BCUT2D eigenvalue weighted by Crippen LogP contribution is -2.38. The SMILES string of the molecule is C=CCOc1ccc(C2/C(=C(\O)c3c(C)nc4ccccn34)C(=O)C(=O)N2CCN(CC)CC)cc1. The number of pyridine rings is 1. The van der Waals surface area contributed by atoms with Crippen LogP contribution in [0.1, 0.15) is 36.8 Å². The Morgan fingerprint density at radius 1 is 1.17 bits per heavy atom. The topological polar surface area (TPSA) is 87.4 Å². The molecule has 188 valence electrons. The maximum absolute atomic E-state index is 13.4. The first-order valence-electron chi connectivity index (χ1n) is 12.2. The number of imidazole rings is 1. The number of carbonyl (C=O) groups is 2. The molecule has 1 aliphatic rings. The number of likely N-dealkylation sites (N-methyl/N-ethyl adjacent to an activating group) is 1. The van der Waals surface area contributed by atoms with E-state index in [9.17, 15) is 14.7 Å². The third kappa shape index (κ3) is 4.64. The molecule has 1 aliphatic heterocycles. The lowest BCUT2D eigenvalue weighted by molar-refractivity contribution is -0.140. The Labute approximate surface area is 211 Å². The van der Waals surface area contributed by atoms with Crippen LogP contribution < -0.4 is 4.74 Å². The van der Waals surface area contributed by atoms with Crippen LogP contribution in [0.3, 0.4) is 0 Å². The Bertz CT molecular complexity index is 1300. The van der Waals surface area contributed by atoms with Gasteiger partial charge < -0.3 is 19.6 Å². The third-order valence-electron chi connectivity index (χ3n) is 6.58. The van der Waals surface area contributed by atoms with Crippen molar-refractivity contribution in [3.63, 3.8) is 0 Å². The number of aryl methyl sites for hydroxylation is 1. The number of nitrogens with zero attached hydrogens (tertiary/aromatic N) is 4. The van der Waals surface area contributed by atoms with E-state index in [1.807, 2.05) is 30.3 Å². The van der Waals surface area contributed by atoms with Crippen LogP contribution in [0.2, 0.25) is 0 Å². The molecule has 1 fully saturated rings. The molecule has 4 rings (SSSR count). The largest absolute Gasteiger partial charge is 0.505 e. The van der Waals surface area contributed by atoms with E-state index in [1.165, 1.54) is 0 Å². The van der Waals surface area contributed by atoms with E-state index < -0.39 is 17.7 Å². The summed E-state index contributed by atoms with van der Waals surface area (Å²) in [5.74, 6) is -0.898. The van der Waals surface area contributed by atoms with Crippen molar-refractivity contribution in [2.45, 2.75) is 26.8 Å². The Morgan fingerprint density at radius 3 is 2.56 bits per heavy atom. The molecule has 0 bridgehead atoms. The highest BCUT2D eigenvalue weighted by molar-refractivity contribution is 6.46. The average Bonchev–Trinajstić information content (AvgIpc) is 3.36. The fraction of sp³-hybridized carbons (Fsp3) is 0.321. The van der Waals surface area contributed by atoms with E-state index in [1.54, 1.807) is 40.6 Å². The molecule has 3 heterocycles. The van der Waals surface area contributed by atoms with Crippen LogP contribution in [0.25, 0.3) is 11.4 Å². The molecule has 0 radical (unpaired) electrons. The van der Waals surface area contributed by atoms with Gasteiger partial charge in [-0.1, -0.05) is 44.7 Å². The van der Waals surface area contributed by atoms with Crippen LogP contribution in [0.15, 0.2) is 66.9 Å². The summed E-state index contributed by atoms with van der Waals surface area (Å²) >= 11 is 0. The van der Waals surface area contributed by atoms with Crippen LogP contribution >= 0.6 is 0 Å². The normalized spacial score (nSPS) is 17.3. The molecule has 0 spiro atoms. The van der Waals surface area contributed by atoms with Gasteiger partial charge in [-0.05, 0) is 49.8 Å². The van der Waals surface area contributed by atoms with Gasteiger partial charge in [0, 0.05) is 19.3 Å². The summed E-state index contributed by atoms with van der Waals surface area (Å²) in [4.78, 5) is 34.9. The molecule has 0 saturated carbocycles. The number of rotatable bonds is 10. The Balaban J connectivity index is 1.83. The summed E-state index contributed by atoms with van der Waals surface area (Å²) in [5.41, 5.74) is 2.40. The number of ketones is 1. The minimum atomic E-state index is -0.734. The van der Waals surface area contributed by atoms with Crippen molar-refractivity contribution >= 4 is 23.1 Å². The van der Waals surface area contributed by atoms with E-state index in [4.69, 9.17) is 4.74 Å². The minimum absolute atomic E-state index is 0.0630. The molecule has 36 heavy (non-hydrogen) atoms. The molecular weight excluding hydrogens is 456 g/mol. The van der Waals surface area contributed by atoms with Crippen molar-refractivity contribution in [3.05, 3.63) is 83.8 Å². The third-order valence-corrected chi connectivity index (χ3v) is 6.58. The molecule has 1 aromatic carbocycles. The summed E-state index contributed by atoms with van der Waals surface area (Å²) in [6.45, 7) is 12.6. The zero-order chi connectivity index (χ0) is 25.8. The smallest absolute Gasteiger partial charge is 0.295 e. The summed E-state index contributed by atoms with van der Waals surface area (Å²) in [6, 6.07) is 12.0. The number of aliphatic hydroxyl groups is 1. The van der Waals surface area contributed by atoms with Gasteiger partial charge in [0.05, 0.1) is 17.3 Å². The second-order valence-corrected chi connectivity index (χ2v) is 8.66. The number of Topliss-reactive ketones (excluding diaryl/α,β-unsaturated/α-hetero) is 1. The van der Waals surface area contributed by atoms with Gasteiger partial charge in [-0.2, -0.15) is 0 Å². The summed E-state index contributed by atoms with van der Waals surface area (Å²) in [6.07, 6.45) is 3.44. The molecule has 3 aromatic rings. The van der Waals surface area contributed by atoms with Gasteiger partial charge in [0.1, 0.15) is 23.7 Å². The van der Waals surface area contributed by atoms with Crippen molar-refractivity contribution in [2.75, 3.05) is 32.8 Å². The predicted octanol–water partition coefficient (Wildman–Crippen LogP) is 3.97. The van der Waals surface area contributed by atoms with Crippen molar-refractivity contribution in [2.24, 2.45) is 0 Å². The number of amides is 1. The first-order chi connectivity index (χ1) is 17.4. The number of hydrogen-bond acceptors (Lipinski definition) is 6. The van der Waals surface area contributed by atoms with Crippen molar-refractivity contribution in [1.29, 1.82) is 0 Å². The zero-order valence-corrected chi connectivity index (χ0v) is 21.0. The molecule has 1 unspecified atom stereocenters. The summed E-state index contributed by atoms with van der Waals surface area (Å²) < 4.78 is 7.34. The fourth-order valence-corrected chi connectivity index (χ4v) is 4.67. The number of ether oxygens (including phenoxy) is 1. The lowest BCUT2D eigenvalue weighted by Gasteiger charge is -2.28. The molecular formula is C28H32N4O4. The quantitative estimate of drug-likeness (QED) is 0.201. The molecule has 2 aromatic heterocycles. The standard InChI is InChI=1S/C28H32N4O4/c1-5-18-36-21-13-11-20(12-14-21)25-23(27(34)28(35)32(25)17-16-30(6-2)7-3)26(33)24-19(4)29-22-10-8-9-15-31(22)24/h5,8-15,25,33H,1,6-7,16-18H2,2-4H3/b26-23+. The molecule has 1 N–H and O–H groups in total. The number of aromatic nitrogens is 2. The van der Waals surface area contributed by atoms with E-state index in [2.05, 4.69) is 30.3 Å². The number of fused-ring (bicyclic) bond motifs is 1. The maximum Gasteiger partial charge on any atom is 0.295 e. The molecule has 8 nitrogen and oxygen atoms in total. The Morgan fingerprint density at radius 2 is 1.89 bits per heavy atom. The molecule has 8 heteroatoms. The number of carbonyl (C=O) groups excluding carboxylic acids is 2. The second-order valence-electron chi connectivity index (χ2n) is 8.66. The van der Waals surface area contributed by atoms with Gasteiger partial charge >= 0.3 is 0 Å². The number of aliphatic hydroxyl groups excluding tert-OH is 1. The number of benzene rings is 1. The van der Waals surface area contributed by atoms with Crippen LogP contribution in [-0.2, 0) is 9.59 Å². The van der Waals surface area contributed by atoms with E-state index in [0.717, 1.165) is 13.1 Å². The highest BCUT2D eigenvalue weighted by atomic mass is 16.5. The summed E-state index contributed by atoms with van der Waals surface area (Å²) in [5, 5.41) is 11.5. The van der Waals surface area contributed by atoms with Gasteiger partial charge in [0.2, 0.25) is 0 Å². The Hall–Kier alpha value is -3.91.